The fraction of sp³-hybridized carbons (Fsp3) is 0.891. The lowest BCUT2D eigenvalue weighted by Crippen LogP contribution is -2.53. The van der Waals surface area contributed by atoms with Gasteiger partial charge < -0.3 is 5.32 Å². The largest absolute Gasteiger partial charge is 0.307 e. The Kier molecular flexibility index (Phi) is 11.9. The number of rotatable bonds is 6. The zero-order chi connectivity index (χ0) is 37.8. The summed E-state index contributed by atoms with van der Waals surface area (Å²) in [5.41, 5.74) is 2.56. The van der Waals surface area contributed by atoms with E-state index in [-0.39, 0.29) is 0 Å². The zero-order valence-corrected chi connectivity index (χ0v) is 36.9. The molecule has 0 aromatic heterocycles. The second kappa shape index (κ2) is 16.9. The minimum absolute atomic E-state index is 0.550. The molecule has 0 aromatic carbocycles. The van der Waals surface area contributed by atoms with Crippen LogP contribution in [0.4, 0.5) is 0 Å². The molecule has 0 bridgehead atoms. The molecule has 0 spiro atoms. The standard InChI is InChI=1S/C55H87N/c1-36-20-22-39(23-21-36)40-24-27-41(28-25-40)52-34-47(35-53(56-52)49-17-11-19-51-54(49)48-16-9-10-18-50(48)55(51,2)3)46-32-44(37-12-5-4-6-13-37)31-45(33-46)43-29-26-38-14-7-8-15-42(38)30-43/h4-5,20,22,35-46,48-54,56H,6-19,21,23-34H2,1-3H3/t36?,37?,38?,39?,40?,41?,42?,43?,44?,45?,46?,48-,49-,50?,51?,52?,53?,54?/m1/s1. The van der Waals surface area contributed by atoms with Gasteiger partial charge >= 0.3 is 0 Å². The van der Waals surface area contributed by atoms with Gasteiger partial charge in [0.05, 0.1) is 0 Å². The molecule has 56 heavy (non-hydrogen) atoms. The third-order valence-electron chi connectivity index (χ3n) is 21.1. The average Bonchev–Trinajstić information content (AvgIpc) is 3.49. The van der Waals surface area contributed by atoms with Crippen LogP contribution in [0.1, 0.15) is 194 Å². The number of fused-ring (bicyclic) bond motifs is 4. The second-order valence-electron chi connectivity index (χ2n) is 24.0. The van der Waals surface area contributed by atoms with E-state index in [0.29, 0.717) is 11.5 Å². The van der Waals surface area contributed by atoms with Gasteiger partial charge in [0.2, 0.25) is 0 Å². The van der Waals surface area contributed by atoms with Gasteiger partial charge in [-0.3, -0.25) is 0 Å². The Morgan fingerprint density at radius 2 is 1.21 bits per heavy atom. The van der Waals surface area contributed by atoms with Crippen molar-refractivity contribution in [2.75, 3.05) is 0 Å². The molecule has 7 fully saturated rings. The summed E-state index contributed by atoms with van der Waals surface area (Å²) in [4.78, 5) is 0. The predicted octanol–water partition coefficient (Wildman–Crippen LogP) is 14.9. The normalized spacial score (nSPS) is 50.7. The van der Waals surface area contributed by atoms with Crippen molar-refractivity contribution in [2.45, 2.75) is 206 Å². The van der Waals surface area contributed by atoms with Gasteiger partial charge in [-0.05, 0) is 229 Å². The zero-order valence-electron chi connectivity index (χ0n) is 36.9. The Hall–Kier alpha value is -0.820. The van der Waals surface area contributed by atoms with Crippen molar-refractivity contribution in [3.05, 3.63) is 36.0 Å². The molecule has 16 atom stereocenters. The Morgan fingerprint density at radius 1 is 0.536 bits per heavy atom. The fourth-order valence-corrected chi connectivity index (χ4v) is 18.2. The van der Waals surface area contributed by atoms with Crippen LogP contribution in [0.5, 0.6) is 0 Å². The quantitative estimate of drug-likeness (QED) is 0.266. The van der Waals surface area contributed by atoms with E-state index in [1.54, 1.807) is 51.4 Å². The van der Waals surface area contributed by atoms with E-state index >= 15 is 0 Å². The second-order valence-corrected chi connectivity index (χ2v) is 24.0. The van der Waals surface area contributed by atoms with Gasteiger partial charge in [0.25, 0.3) is 0 Å². The molecule has 1 heterocycles. The first kappa shape index (κ1) is 39.3. The van der Waals surface area contributed by atoms with Crippen molar-refractivity contribution in [2.24, 2.45) is 100 Å². The van der Waals surface area contributed by atoms with Crippen LogP contribution >= 0.6 is 0 Å². The molecule has 9 aliphatic carbocycles. The van der Waals surface area contributed by atoms with Crippen LogP contribution < -0.4 is 5.32 Å². The molecule has 1 aliphatic heterocycles. The van der Waals surface area contributed by atoms with E-state index in [1.165, 1.54) is 122 Å². The van der Waals surface area contributed by atoms with E-state index < -0.39 is 0 Å². The molecular weight excluding hydrogens is 675 g/mol. The summed E-state index contributed by atoms with van der Waals surface area (Å²) in [6, 6.07) is 1.37. The third kappa shape index (κ3) is 7.81. The van der Waals surface area contributed by atoms with E-state index in [2.05, 4.69) is 56.5 Å². The maximum atomic E-state index is 4.68. The highest BCUT2D eigenvalue weighted by atomic mass is 15.0. The molecule has 0 radical (unpaired) electrons. The minimum atomic E-state index is 0.550. The first-order chi connectivity index (χ1) is 27.4. The summed E-state index contributed by atoms with van der Waals surface area (Å²) in [6.07, 6.45) is 54.1. The van der Waals surface area contributed by atoms with Gasteiger partial charge in [0.1, 0.15) is 0 Å². The highest BCUT2D eigenvalue weighted by molar-refractivity contribution is 5.22. The summed E-state index contributed by atoms with van der Waals surface area (Å²) in [5.74, 6) is 15.3. The highest BCUT2D eigenvalue weighted by Crippen LogP contribution is 2.65. The molecule has 14 unspecified atom stereocenters. The first-order valence-corrected chi connectivity index (χ1v) is 26.2. The molecular formula is C55H87N. The van der Waals surface area contributed by atoms with Crippen LogP contribution in [0, 0.1) is 100 Å². The van der Waals surface area contributed by atoms with E-state index in [0.717, 1.165) is 101 Å². The number of nitrogens with one attached hydrogen (secondary N) is 1. The first-order valence-electron chi connectivity index (χ1n) is 26.2. The van der Waals surface area contributed by atoms with Crippen LogP contribution in [0.3, 0.4) is 0 Å². The van der Waals surface area contributed by atoms with E-state index in [1.807, 2.05) is 5.57 Å². The topological polar surface area (TPSA) is 12.0 Å². The SMILES string of the molecule is CC1C=CC(C2CCC(C3CC(C4CC(C5CC=CCC5)CC(C5CCC6CCCCC6C5)C4)=CC([C@H]4CCCC5C4[C@@H]4CCCCC4C5(C)C)N3)CC2)CC1. The minimum Gasteiger partial charge on any atom is -0.307 e. The van der Waals surface area contributed by atoms with E-state index in [9.17, 15) is 0 Å². The fourth-order valence-electron chi connectivity index (χ4n) is 18.2. The Bertz CT molecular complexity index is 1410. The number of hydrogen-bond acceptors (Lipinski definition) is 1. The van der Waals surface area contributed by atoms with E-state index in [4.69, 9.17) is 0 Å². The van der Waals surface area contributed by atoms with Gasteiger partial charge in [-0.2, -0.15) is 0 Å². The van der Waals surface area contributed by atoms with Crippen molar-refractivity contribution < 1.29 is 0 Å². The van der Waals surface area contributed by atoms with Crippen molar-refractivity contribution in [3.63, 3.8) is 0 Å². The van der Waals surface area contributed by atoms with Gasteiger partial charge in [0, 0.05) is 12.1 Å². The maximum absolute atomic E-state index is 4.68. The molecule has 10 rings (SSSR count). The molecule has 0 saturated heterocycles. The molecule has 7 saturated carbocycles. The highest BCUT2D eigenvalue weighted by Gasteiger charge is 2.59. The Morgan fingerprint density at radius 3 is 2.02 bits per heavy atom. The lowest BCUT2D eigenvalue weighted by molar-refractivity contribution is 0.0477. The molecule has 1 nitrogen and oxygen atoms in total. The Labute approximate surface area is 346 Å². The molecule has 1 N–H and O–H groups in total. The lowest BCUT2D eigenvalue weighted by Gasteiger charge is -2.50. The van der Waals surface area contributed by atoms with Gasteiger partial charge in [-0.15, -0.1) is 0 Å². The van der Waals surface area contributed by atoms with Crippen molar-refractivity contribution in [1.82, 2.24) is 5.32 Å². The Balaban J connectivity index is 0.935. The number of hydrogen-bond donors (Lipinski definition) is 1. The summed E-state index contributed by atoms with van der Waals surface area (Å²) in [5, 5.41) is 4.68. The van der Waals surface area contributed by atoms with Crippen LogP contribution in [-0.4, -0.2) is 12.1 Å². The van der Waals surface area contributed by atoms with Crippen LogP contribution in [-0.2, 0) is 0 Å². The third-order valence-corrected chi connectivity index (χ3v) is 21.1. The molecule has 312 valence electrons. The van der Waals surface area contributed by atoms with Crippen molar-refractivity contribution in [1.29, 1.82) is 0 Å². The summed E-state index contributed by atoms with van der Waals surface area (Å²) >= 11 is 0. The molecule has 10 aliphatic rings. The smallest absolute Gasteiger partial charge is 0.0286 e. The molecule has 1 heteroatoms. The average molecular weight is 762 g/mol. The number of allylic oxidation sites excluding steroid dienone is 4. The van der Waals surface area contributed by atoms with Gasteiger partial charge in [-0.1, -0.05) is 102 Å². The summed E-state index contributed by atoms with van der Waals surface area (Å²) in [7, 11) is 0. The van der Waals surface area contributed by atoms with Crippen LogP contribution in [0.15, 0.2) is 36.0 Å². The van der Waals surface area contributed by atoms with Crippen LogP contribution in [0.25, 0.3) is 0 Å². The monoisotopic (exact) mass is 762 g/mol. The molecule has 0 amide bonds. The predicted molar refractivity (Wildman–Crippen MR) is 237 cm³/mol. The van der Waals surface area contributed by atoms with Gasteiger partial charge in [-0.25, -0.2) is 0 Å². The van der Waals surface area contributed by atoms with Crippen LogP contribution in [0.2, 0.25) is 0 Å². The molecule has 0 aromatic rings. The van der Waals surface area contributed by atoms with Crippen molar-refractivity contribution >= 4 is 0 Å². The summed E-state index contributed by atoms with van der Waals surface area (Å²) < 4.78 is 0. The van der Waals surface area contributed by atoms with Crippen molar-refractivity contribution in [3.8, 4) is 0 Å². The van der Waals surface area contributed by atoms with Gasteiger partial charge in [0.15, 0.2) is 0 Å². The maximum Gasteiger partial charge on any atom is 0.0286 e. The lowest BCUT2D eigenvalue weighted by atomic mass is 9.58. The summed E-state index contributed by atoms with van der Waals surface area (Å²) in [6.45, 7) is 7.91.